The predicted molar refractivity (Wildman–Crippen MR) is 80.5 cm³/mol. The van der Waals surface area contributed by atoms with Gasteiger partial charge in [-0.25, -0.2) is 4.79 Å². The summed E-state index contributed by atoms with van der Waals surface area (Å²) in [4.78, 5) is 10.2. The van der Waals surface area contributed by atoms with E-state index in [9.17, 15) is 4.79 Å². The highest BCUT2D eigenvalue weighted by Crippen LogP contribution is 1.99. The van der Waals surface area contributed by atoms with E-state index >= 15 is 0 Å². The second-order valence-electron chi connectivity index (χ2n) is 4.26. The maximum absolute atomic E-state index is 10.2. The first-order valence-corrected chi connectivity index (χ1v) is 11.7. The topological polar surface area (TPSA) is 54.0 Å². The maximum Gasteiger partial charge on any atom is 0.332 e. The summed E-state index contributed by atoms with van der Waals surface area (Å²) >= 11 is 0. The summed E-state index contributed by atoms with van der Waals surface area (Å²) < 4.78 is 20.1. The Morgan fingerprint density at radius 1 is 1.29 bits per heavy atom. The lowest BCUT2D eigenvalue weighted by Crippen LogP contribution is -2.29. The molecule has 0 aliphatic heterocycles. The minimum atomic E-state index is -1.29. The van der Waals surface area contributed by atoms with Crippen molar-refractivity contribution in [1.29, 1.82) is 0 Å². The zero-order valence-electron chi connectivity index (χ0n) is 11.7. The van der Waals surface area contributed by atoms with Crippen LogP contribution in [0.25, 0.3) is 0 Å². The Labute approximate surface area is 113 Å². The normalized spacial score (nSPS) is 11.8. The van der Waals surface area contributed by atoms with Crippen LogP contribution in [0.15, 0.2) is 12.2 Å². The van der Waals surface area contributed by atoms with Gasteiger partial charge >= 0.3 is 5.97 Å². The van der Waals surface area contributed by atoms with Crippen molar-refractivity contribution in [2.24, 2.45) is 0 Å². The van der Waals surface area contributed by atoms with Crippen molar-refractivity contribution in [2.75, 3.05) is 7.11 Å². The number of methoxy groups -OCH3 is 1. The van der Waals surface area contributed by atoms with Crippen molar-refractivity contribution in [2.45, 2.75) is 26.6 Å². The van der Waals surface area contributed by atoms with Crippen LogP contribution in [-0.2, 0) is 21.9 Å². The summed E-state index contributed by atoms with van der Waals surface area (Å²) in [7, 11) is -0.462. The summed E-state index contributed by atoms with van der Waals surface area (Å²) in [6.45, 7) is 11.5. The molecule has 0 aromatic heterocycles. The number of carbonyl (C=O) groups excluding carboxylic acids is 1. The zero-order chi connectivity index (χ0) is 13.9. The molecule has 0 atom stereocenters. The standard InChI is InChI=1S/C5H8O2.C3H16O3Si4/c1-4(2)5(6)7-3;1-10(2,3)6-9-5-8-4-7/h1H2,2-3H3;8-9H2,1-3,7H3. The lowest BCUT2D eigenvalue weighted by atomic mass is 10.4. The van der Waals surface area contributed by atoms with Crippen LogP contribution in [0.3, 0.4) is 0 Å². The van der Waals surface area contributed by atoms with Crippen molar-refractivity contribution < 1.29 is 21.9 Å². The van der Waals surface area contributed by atoms with Crippen molar-refractivity contribution >= 4 is 44.8 Å². The molecule has 0 saturated heterocycles. The van der Waals surface area contributed by atoms with Gasteiger partial charge in [-0.2, -0.15) is 0 Å². The molecule has 0 bridgehead atoms. The molecular weight excluding hydrogens is 288 g/mol. The van der Waals surface area contributed by atoms with Crippen LogP contribution in [-0.4, -0.2) is 51.9 Å². The minimum absolute atomic E-state index is 0.347. The minimum Gasteiger partial charge on any atom is -0.466 e. The Bertz CT molecular complexity index is 228. The molecule has 102 valence electrons. The Balaban J connectivity index is 0. The van der Waals surface area contributed by atoms with Gasteiger partial charge in [-0.15, -0.1) is 0 Å². The van der Waals surface area contributed by atoms with Gasteiger partial charge in [0.2, 0.25) is 0 Å². The second-order valence-corrected chi connectivity index (χ2v) is 14.1. The molecule has 0 rings (SSSR count). The molecule has 0 N–H and O–H groups in total. The fourth-order valence-corrected chi connectivity index (χ4v) is 5.45. The van der Waals surface area contributed by atoms with E-state index in [2.05, 4.69) is 31.0 Å². The number of ether oxygens (including phenoxy) is 1. The fraction of sp³-hybridized carbons (Fsp3) is 0.625. The van der Waals surface area contributed by atoms with E-state index in [0.717, 1.165) is 10.5 Å². The lowest BCUT2D eigenvalue weighted by molar-refractivity contribution is -0.136. The van der Waals surface area contributed by atoms with E-state index in [1.54, 1.807) is 6.92 Å². The molecule has 0 spiro atoms. The van der Waals surface area contributed by atoms with Crippen molar-refractivity contribution in [3.05, 3.63) is 12.2 Å². The van der Waals surface area contributed by atoms with Crippen LogP contribution >= 0.6 is 0 Å². The summed E-state index contributed by atoms with van der Waals surface area (Å²) in [6, 6.07) is 0. The molecule has 0 heterocycles. The summed E-state index contributed by atoms with van der Waals surface area (Å²) in [6.07, 6.45) is 0. The summed E-state index contributed by atoms with van der Waals surface area (Å²) in [5.74, 6) is -0.347. The Hall–Kier alpha value is -0.0425. The van der Waals surface area contributed by atoms with Gasteiger partial charge in [0.1, 0.15) is 10.5 Å². The SMILES string of the molecule is C=C(C)C(=O)OC.C[Si](C)(C)O[SiH2]O[SiH2]O[SiH3]. The number of esters is 1. The van der Waals surface area contributed by atoms with Gasteiger partial charge in [0.05, 0.1) is 7.11 Å². The third kappa shape index (κ3) is 18.5. The molecule has 5 nitrogen and oxygen atoms in total. The van der Waals surface area contributed by atoms with Gasteiger partial charge in [-0.05, 0) is 26.6 Å². The van der Waals surface area contributed by atoms with E-state index in [1.165, 1.54) is 7.11 Å². The van der Waals surface area contributed by atoms with E-state index in [1.807, 2.05) is 0 Å². The van der Waals surface area contributed by atoms with E-state index in [4.69, 9.17) is 12.3 Å². The first-order chi connectivity index (χ1) is 7.74. The number of carbonyl (C=O) groups is 1. The first kappa shape index (κ1) is 19.3. The lowest BCUT2D eigenvalue weighted by Gasteiger charge is -2.16. The number of hydrogen-bond donors (Lipinski definition) is 0. The van der Waals surface area contributed by atoms with Crippen LogP contribution in [0.2, 0.25) is 19.6 Å². The van der Waals surface area contributed by atoms with Gasteiger partial charge in [0.15, 0.2) is 8.32 Å². The Morgan fingerprint density at radius 3 is 2.06 bits per heavy atom. The molecule has 9 heteroatoms. The van der Waals surface area contributed by atoms with Crippen LogP contribution in [0.4, 0.5) is 0 Å². The van der Waals surface area contributed by atoms with Gasteiger partial charge < -0.3 is 17.1 Å². The van der Waals surface area contributed by atoms with Crippen molar-refractivity contribution in [3.8, 4) is 0 Å². The predicted octanol–water partition coefficient (Wildman–Crippen LogP) is -1.12. The van der Waals surface area contributed by atoms with Gasteiger partial charge in [-0.1, -0.05) is 6.58 Å². The maximum atomic E-state index is 10.2. The third-order valence-corrected chi connectivity index (χ3v) is 7.52. The average Bonchev–Trinajstić information content (AvgIpc) is 2.22. The number of hydrogen-bond acceptors (Lipinski definition) is 5. The molecule has 0 saturated carbocycles. The molecule has 0 fully saturated rings. The fourth-order valence-electron chi connectivity index (χ4n) is 0.510. The highest BCUT2D eigenvalue weighted by atomic mass is 28.4. The summed E-state index contributed by atoms with van der Waals surface area (Å²) in [5, 5.41) is 0. The van der Waals surface area contributed by atoms with E-state index < -0.39 is 28.3 Å². The third-order valence-electron chi connectivity index (χ3n) is 1.31. The van der Waals surface area contributed by atoms with Crippen LogP contribution in [0.1, 0.15) is 6.92 Å². The van der Waals surface area contributed by atoms with Crippen LogP contribution < -0.4 is 0 Å². The van der Waals surface area contributed by atoms with Crippen molar-refractivity contribution in [3.63, 3.8) is 0 Å². The smallest absolute Gasteiger partial charge is 0.332 e. The highest BCUT2D eigenvalue weighted by molar-refractivity contribution is 6.73. The van der Waals surface area contributed by atoms with Crippen molar-refractivity contribution in [1.82, 2.24) is 0 Å². The Kier molecular flexibility index (Phi) is 12.6. The molecule has 17 heavy (non-hydrogen) atoms. The Morgan fingerprint density at radius 2 is 1.82 bits per heavy atom. The van der Waals surface area contributed by atoms with Gasteiger partial charge in [0.25, 0.3) is 20.0 Å². The molecular formula is C8H24O5Si4. The molecule has 0 aliphatic rings. The zero-order valence-corrected chi connectivity index (χ0v) is 17.5. The molecule has 0 aliphatic carbocycles. The molecule has 0 radical (unpaired) electrons. The summed E-state index contributed by atoms with van der Waals surface area (Å²) in [5.41, 5.74) is 0.433. The largest absolute Gasteiger partial charge is 0.466 e. The first-order valence-electron chi connectivity index (χ1n) is 5.19. The van der Waals surface area contributed by atoms with Crippen LogP contribution in [0.5, 0.6) is 0 Å². The monoisotopic (exact) mass is 312 g/mol. The molecule has 0 amide bonds. The molecule has 0 aromatic carbocycles. The second kappa shape index (κ2) is 11.1. The van der Waals surface area contributed by atoms with E-state index in [-0.39, 0.29) is 5.97 Å². The van der Waals surface area contributed by atoms with Gasteiger partial charge in [0, 0.05) is 5.57 Å². The highest BCUT2D eigenvalue weighted by Gasteiger charge is 2.12. The average molecular weight is 313 g/mol. The van der Waals surface area contributed by atoms with Gasteiger partial charge in [-0.3, -0.25) is 0 Å². The quantitative estimate of drug-likeness (QED) is 0.269. The molecule has 0 aromatic rings. The number of rotatable bonds is 6. The molecule has 0 unspecified atom stereocenters. The van der Waals surface area contributed by atoms with Crippen LogP contribution in [0, 0.1) is 0 Å². The van der Waals surface area contributed by atoms with E-state index in [0.29, 0.717) is 5.57 Å².